The Morgan fingerprint density at radius 1 is 1.53 bits per heavy atom. The molecule has 4 heteroatoms. The summed E-state index contributed by atoms with van der Waals surface area (Å²) in [5, 5.41) is 2.40. The maximum Gasteiger partial charge on any atom is 0.238 e. The zero-order valence-corrected chi connectivity index (χ0v) is 10.5. The van der Waals surface area contributed by atoms with Gasteiger partial charge in [-0.25, -0.2) is 0 Å². The molecule has 0 saturated carbocycles. The molecule has 3 nitrogen and oxygen atoms in total. The summed E-state index contributed by atoms with van der Waals surface area (Å²) in [6, 6.07) is 8.02. The third kappa shape index (κ3) is 3.13. The number of nitrogens with one attached hydrogen (secondary N) is 1. The van der Waals surface area contributed by atoms with Crippen LogP contribution >= 0.6 is 11.6 Å². The molecule has 0 fully saturated rings. The van der Waals surface area contributed by atoms with Crippen LogP contribution < -0.4 is 10.1 Å². The standard InChI is InChI=1S/C13H16ClNO2/c1-9(14)13(16)15-11-7-6-10-4-2-3-5-12(10)17-8-11/h2-5,9,11H,6-8H2,1H3,(H,15,16). The maximum atomic E-state index is 11.5. The Hall–Kier alpha value is -1.22. The molecule has 0 spiro atoms. The summed E-state index contributed by atoms with van der Waals surface area (Å²) in [5.74, 6) is 0.786. The molecule has 1 heterocycles. The summed E-state index contributed by atoms with van der Waals surface area (Å²) in [5.41, 5.74) is 1.20. The summed E-state index contributed by atoms with van der Waals surface area (Å²) >= 11 is 5.72. The summed E-state index contributed by atoms with van der Waals surface area (Å²) in [4.78, 5) is 11.5. The van der Waals surface area contributed by atoms with E-state index >= 15 is 0 Å². The molecule has 1 amide bonds. The van der Waals surface area contributed by atoms with Gasteiger partial charge in [0.2, 0.25) is 5.91 Å². The molecule has 0 aliphatic carbocycles. The maximum absolute atomic E-state index is 11.5. The highest BCUT2D eigenvalue weighted by molar-refractivity contribution is 6.30. The van der Waals surface area contributed by atoms with Crippen LogP contribution in [-0.2, 0) is 11.2 Å². The largest absolute Gasteiger partial charge is 0.491 e. The van der Waals surface area contributed by atoms with Gasteiger partial charge in [0.05, 0.1) is 6.04 Å². The molecule has 1 aromatic rings. The van der Waals surface area contributed by atoms with Gasteiger partial charge in [-0.3, -0.25) is 4.79 Å². The minimum atomic E-state index is -0.499. The van der Waals surface area contributed by atoms with E-state index in [0.29, 0.717) is 6.61 Å². The first kappa shape index (κ1) is 12.2. The van der Waals surface area contributed by atoms with Crippen molar-refractivity contribution in [2.45, 2.75) is 31.2 Å². The van der Waals surface area contributed by atoms with Gasteiger partial charge in [-0.15, -0.1) is 11.6 Å². The first-order valence-corrected chi connectivity index (χ1v) is 6.25. The number of aryl methyl sites for hydroxylation is 1. The second-order valence-electron chi connectivity index (χ2n) is 4.28. The third-order valence-corrected chi connectivity index (χ3v) is 3.08. The minimum absolute atomic E-state index is 0.0381. The summed E-state index contributed by atoms with van der Waals surface area (Å²) in [6.45, 7) is 2.18. The molecule has 0 saturated heterocycles. The monoisotopic (exact) mass is 253 g/mol. The van der Waals surface area contributed by atoms with Crippen molar-refractivity contribution in [3.8, 4) is 5.75 Å². The number of benzene rings is 1. The first-order valence-electron chi connectivity index (χ1n) is 5.82. The second-order valence-corrected chi connectivity index (χ2v) is 4.93. The lowest BCUT2D eigenvalue weighted by Crippen LogP contribution is -2.41. The van der Waals surface area contributed by atoms with Gasteiger partial charge in [0.25, 0.3) is 0 Å². The number of hydrogen-bond acceptors (Lipinski definition) is 2. The molecule has 1 aliphatic heterocycles. The van der Waals surface area contributed by atoms with Crippen molar-refractivity contribution in [1.82, 2.24) is 5.32 Å². The molecule has 2 rings (SSSR count). The molecule has 0 bridgehead atoms. The minimum Gasteiger partial charge on any atom is -0.491 e. The number of hydrogen-bond donors (Lipinski definition) is 1. The zero-order chi connectivity index (χ0) is 12.3. The zero-order valence-electron chi connectivity index (χ0n) is 9.78. The Morgan fingerprint density at radius 2 is 2.29 bits per heavy atom. The van der Waals surface area contributed by atoms with Crippen LogP contribution in [0, 0.1) is 0 Å². The fraction of sp³-hybridized carbons (Fsp3) is 0.462. The molecule has 1 aliphatic rings. The molecule has 92 valence electrons. The average Bonchev–Trinajstić information content (AvgIpc) is 2.52. The fourth-order valence-electron chi connectivity index (χ4n) is 1.88. The molecule has 1 aromatic carbocycles. The van der Waals surface area contributed by atoms with Gasteiger partial charge in [0, 0.05) is 0 Å². The Bertz CT molecular complexity index is 379. The van der Waals surface area contributed by atoms with Gasteiger partial charge in [-0.05, 0) is 31.4 Å². The molecule has 17 heavy (non-hydrogen) atoms. The highest BCUT2D eigenvalue weighted by atomic mass is 35.5. The highest BCUT2D eigenvalue weighted by Gasteiger charge is 2.20. The van der Waals surface area contributed by atoms with E-state index in [1.807, 2.05) is 18.2 Å². The van der Waals surface area contributed by atoms with E-state index in [0.717, 1.165) is 18.6 Å². The number of fused-ring (bicyclic) bond motifs is 1. The first-order chi connectivity index (χ1) is 8.16. The Morgan fingerprint density at radius 3 is 3.06 bits per heavy atom. The van der Waals surface area contributed by atoms with Gasteiger partial charge in [-0.1, -0.05) is 18.2 Å². The number of amides is 1. The van der Waals surface area contributed by atoms with Gasteiger partial charge >= 0.3 is 0 Å². The van der Waals surface area contributed by atoms with Gasteiger partial charge < -0.3 is 10.1 Å². The van der Waals surface area contributed by atoms with Crippen LogP contribution in [0.25, 0.3) is 0 Å². The van der Waals surface area contributed by atoms with E-state index in [-0.39, 0.29) is 11.9 Å². The molecule has 2 atom stereocenters. The average molecular weight is 254 g/mol. The van der Waals surface area contributed by atoms with Crippen molar-refractivity contribution in [3.63, 3.8) is 0 Å². The van der Waals surface area contributed by atoms with Crippen LogP contribution in [0.5, 0.6) is 5.75 Å². The van der Waals surface area contributed by atoms with Crippen molar-refractivity contribution in [2.75, 3.05) is 6.61 Å². The number of para-hydroxylation sites is 1. The lowest BCUT2D eigenvalue weighted by atomic mass is 10.1. The van der Waals surface area contributed by atoms with Crippen molar-refractivity contribution in [3.05, 3.63) is 29.8 Å². The van der Waals surface area contributed by atoms with Crippen molar-refractivity contribution in [1.29, 1.82) is 0 Å². The van der Waals surface area contributed by atoms with Crippen molar-refractivity contribution < 1.29 is 9.53 Å². The topological polar surface area (TPSA) is 38.3 Å². The Kier molecular flexibility index (Phi) is 3.89. The van der Waals surface area contributed by atoms with E-state index in [2.05, 4.69) is 11.4 Å². The SMILES string of the molecule is CC(Cl)C(=O)NC1CCc2ccccc2OC1. The summed E-state index contributed by atoms with van der Waals surface area (Å²) in [7, 11) is 0. The summed E-state index contributed by atoms with van der Waals surface area (Å²) in [6.07, 6.45) is 1.80. The lowest BCUT2D eigenvalue weighted by molar-refractivity contribution is -0.121. The van der Waals surface area contributed by atoms with Gasteiger partial charge in [-0.2, -0.15) is 0 Å². The lowest BCUT2D eigenvalue weighted by Gasteiger charge is -2.16. The van der Waals surface area contributed by atoms with E-state index < -0.39 is 5.38 Å². The Labute approximate surface area is 106 Å². The van der Waals surface area contributed by atoms with Crippen LogP contribution in [0.1, 0.15) is 18.9 Å². The number of ether oxygens (including phenoxy) is 1. The predicted molar refractivity (Wildman–Crippen MR) is 67.5 cm³/mol. The molecule has 2 unspecified atom stereocenters. The molecular formula is C13H16ClNO2. The normalized spacial score (nSPS) is 20.7. The Balaban J connectivity index is 1.97. The fourth-order valence-corrected chi connectivity index (χ4v) is 1.95. The van der Waals surface area contributed by atoms with Gasteiger partial charge in [0.1, 0.15) is 17.7 Å². The van der Waals surface area contributed by atoms with Crippen LogP contribution in [0.3, 0.4) is 0 Å². The number of carbonyl (C=O) groups is 1. The molecule has 1 N–H and O–H groups in total. The van der Waals surface area contributed by atoms with Crippen LogP contribution in [-0.4, -0.2) is 23.9 Å². The van der Waals surface area contributed by atoms with E-state index in [4.69, 9.17) is 16.3 Å². The molecular weight excluding hydrogens is 238 g/mol. The number of carbonyl (C=O) groups excluding carboxylic acids is 1. The van der Waals surface area contributed by atoms with Crippen LogP contribution in [0.15, 0.2) is 24.3 Å². The number of halogens is 1. The van der Waals surface area contributed by atoms with E-state index in [1.54, 1.807) is 6.92 Å². The summed E-state index contributed by atoms with van der Waals surface area (Å²) < 4.78 is 5.68. The predicted octanol–water partition coefficient (Wildman–Crippen LogP) is 2.12. The smallest absolute Gasteiger partial charge is 0.238 e. The van der Waals surface area contributed by atoms with Crippen LogP contribution in [0.4, 0.5) is 0 Å². The van der Waals surface area contributed by atoms with E-state index in [1.165, 1.54) is 5.56 Å². The van der Waals surface area contributed by atoms with Crippen molar-refractivity contribution >= 4 is 17.5 Å². The van der Waals surface area contributed by atoms with E-state index in [9.17, 15) is 4.79 Å². The van der Waals surface area contributed by atoms with Gasteiger partial charge in [0.15, 0.2) is 0 Å². The molecule has 0 aromatic heterocycles. The molecule has 0 radical (unpaired) electrons. The number of alkyl halides is 1. The second kappa shape index (κ2) is 5.41. The van der Waals surface area contributed by atoms with Crippen LogP contribution in [0.2, 0.25) is 0 Å². The van der Waals surface area contributed by atoms with Crippen molar-refractivity contribution in [2.24, 2.45) is 0 Å². The highest BCUT2D eigenvalue weighted by Crippen LogP contribution is 2.23. The number of rotatable bonds is 2. The quantitative estimate of drug-likeness (QED) is 0.820. The third-order valence-electron chi connectivity index (χ3n) is 2.88.